The molecule has 30 heavy (non-hydrogen) atoms. The van der Waals surface area contributed by atoms with Gasteiger partial charge < -0.3 is 30.3 Å². The van der Waals surface area contributed by atoms with Crippen molar-refractivity contribution >= 4 is 12.2 Å². The first-order valence-electron chi connectivity index (χ1n) is 10.6. The van der Waals surface area contributed by atoms with Crippen molar-refractivity contribution in [3.63, 3.8) is 0 Å². The predicted octanol–water partition coefficient (Wildman–Crippen LogP) is 3.34. The van der Waals surface area contributed by atoms with E-state index < -0.39 is 23.4 Å². The second kappa shape index (κ2) is 8.91. The molecule has 0 saturated heterocycles. The Morgan fingerprint density at radius 1 is 0.733 bits per heavy atom. The van der Waals surface area contributed by atoms with Crippen LogP contribution in [-0.2, 0) is 9.47 Å². The summed E-state index contributed by atoms with van der Waals surface area (Å²) in [6, 6.07) is 0.00435. The summed E-state index contributed by atoms with van der Waals surface area (Å²) >= 11 is 0. The SMILES string of the molecule is CC(C)(C)OC(=O)N[C@@H]1C[C@H](O)C1(C)C.CC(C)(C)OC(=O)N[C@H]1C[C@@H](O)C1(C)C. The number of ether oxygens (including phenoxy) is 2. The van der Waals surface area contributed by atoms with Crippen molar-refractivity contribution in [2.75, 3.05) is 0 Å². The number of amides is 2. The number of alkyl carbamates (subject to hydrolysis) is 2. The van der Waals surface area contributed by atoms with E-state index in [2.05, 4.69) is 10.6 Å². The highest BCUT2D eigenvalue weighted by Crippen LogP contribution is 2.41. The fourth-order valence-electron chi connectivity index (χ4n) is 3.19. The molecule has 4 N–H and O–H groups in total. The molecule has 0 unspecified atom stereocenters. The highest BCUT2D eigenvalue weighted by molar-refractivity contribution is 5.69. The van der Waals surface area contributed by atoms with Gasteiger partial charge >= 0.3 is 12.2 Å². The van der Waals surface area contributed by atoms with Crippen LogP contribution in [0.3, 0.4) is 0 Å². The third kappa shape index (κ3) is 7.30. The molecule has 8 heteroatoms. The van der Waals surface area contributed by atoms with Gasteiger partial charge in [-0.05, 0) is 54.4 Å². The van der Waals surface area contributed by atoms with Crippen molar-refractivity contribution < 1.29 is 29.3 Å². The molecule has 0 aromatic carbocycles. The molecule has 2 aliphatic rings. The quantitative estimate of drug-likeness (QED) is 0.534. The fourth-order valence-corrected chi connectivity index (χ4v) is 3.19. The van der Waals surface area contributed by atoms with E-state index in [-0.39, 0.29) is 35.1 Å². The van der Waals surface area contributed by atoms with E-state index in [4.69, 9.17) is 9.47 Å². The average molecular weight is 431 g/mol. The third-order valence-corrected chi connectivity index (χ3v) is 5.81. The van der Waals surface area contributed by atoms with Crippen LogP contribution in [0.15, 0.2) is 0 Å². The summed E-state index contributed by atoms with van der Waals surface area (Å²) in [6.45, 7) is 18.7. The lowest BCUT2D eigenvalue weighted by Crippen LogP contribution is -2.61. The van der Waals surface area contributed by atoms with Gasteiger partial charge in [-0.3, -0.25) is 0 Å². The Morgan fingerprint density at radius 2 is 1.00 bits per heavy atom. The Morgan fingerprint density at radius 3 is 1.17 bits per heavy atom. The van der Waals surface area contributed by atoms with Gasteiger partial charge in [-0.1, -0.05) is 27.7 Å². The van der Waals surface area contributed by atoms with E-state index in [0.717, 1.165) is 0 Å². The molecule has 8 nitrogen and oxygen atoms in total. The molecule has 176 valence electrons. The lowest BCUT2D eigenvalue weighted by molar-refractivity contribution is -0.0735. The Hall–Kier alpha value is -1.54. The van der Waals surface area contributed by atoms with E-state index in [0.29, 0.717) is 12.8 Å². The van der Waals surface area contributed by atoms with E-state index in [1.165, 1.54) is 0 Å². The maximum Gasteiger partial charge on any atom is 0.407 e. The van der Waals surface area contributed by atoms with Gasteiger partial charge in [0.25, 0.3) is 0 Å². The van der Waals surface area contributed by atoms with Gasteiger partial charge in [-0.15, -0.1) is 0 Å². The average Bonchev–Trinajstić information content (AvgIpc) is 2.51. The maximum absolute atomic E-state index is 11.4. The molecule has 2 amide bonds. The first-order chi connectivity index (χ1) is 13.3. The number of hydrogen-bond donors (Lipinski definition) is 4. The minimum Gasteiger partial charge on any atom is -0.444 e. The summed E-state index contributed by atoms with van der Waals surface area (Å²) in [6.07, 6.45) is -0.284. The molecule has 0 aromatic rings. The molecule has 0 aliphatic heterocycles. The molecule has 2 rings (SSSR count). The molecule has 0 heterocycles. The van der Waals surface area contributed by atoms with Crippen LogP contribution in [0.4, 0.5) is 9.59 Å². The second-order valence-corrected chi connectivity index (χ2v) is 11.5. The van der Waals surface area contributed by atoms with Gasteiger partial charge in [0.05, 0.1) is 12.2 Å². The Balaban J connectivity index is 0.000000300. The largest absolute Gasteiger partial charge is 0.444 e. The van der Waals surface area contributed by atoms with Crippen molar-refractivity contribution in [2.45, 2.75) is 118 Å². The van der Waals surface area contributed by atoms with Crippen LogP contribution in [0, 0.1) is 10.8 Å². The summed E-state index contributed by atoms with van der Waals surface area (Å²) in [4.78, 5) is 22.9. The van der Waals surface area contributed by atoms with Crippen LogP contribution < -0.4 is 10.6 Å². The molecule has 0 bridgehead atoms. The molecule has 4 atom stereocenters. The zero-order valence-corrected chi connectivity index (χ0v) is 20.3. The first-order valence-corrected chi connectivity index (χ1v) is 10.6. The standard InChI is InChI=1S/2C11H21NO3/c2*1-10(2,3)15-9(14)12-7-6-8(13)11(7,4)5/h2*7-8,13H,6H2,1-5H3,(H,12,14)/t2*7-,8+/m10/s1. The van der Waals surface area contributed by atoms with Crippen molar-refractivity contribution in [3.8, 4) is 0 Å². The Labute approximate surface area is 181 Å². The van der Waals surface area contributed by atoms with Crippen molar-refractivity contribution in [3.05, 3.63) is 0 Å². The summed E-state index contributed by atoms with van der Waals surface area (Å²) in [7, 11) is 0. The molecule has 2 aliphatic carbocycles. The molecular formula is C22H42N2O6. The smallest absolute Gasteiger partial charge is 0.407 e. The van der Waals surface area contributed by atoms with Gasteiger partial charge in [-0.25, -0.2) is 9.59 Å². The van der Waals surface area contributed by atoms with E-state index in [1.54, 1.807) is 0 Å². The van der Waals surface area contributed by atoms with Gasteiger partial charge in [0.15, 0.2) is 0 Å². The van der Waals surface area contributed by atoms with Gasteiger partial charge in [0, 0.05) is 22.9 Å². The number of carbonyl (C=O) groups is 2. The van der Waals surface area contributed by atoms with Crippen LogP contribution >= 0.6 is 0 Å². The van der Waals surface area contributed by atoms with Crippen molar-refractivity contribution in [1.82, 2.24) is 10.6 Å². The first kappa shape index (κ1) is 26.5. The van der Waals surface area contributed by atoms with Crippen LogP contribution in [0.5, 0.6) is 0 Å². The summed E-state index contributed by atoms with van der Waals surface area (Å²) in [5.74, 6) is 0. The number of rotatable bonds is 2. The lowest BCUT2D eigenvalue weighted by Gasteiger charge is -2.49. The zero-order chi connectivity index (χ0) is 23.7. The summed E-state index contributed by atoms with van der Waals surface area (Å²) < 4.78 is 10.3. The summed E-state index contributed by atoms with van der Waals surface area (Å²) in [5, 5.41) is 24.5. The van der Waals surface area contributed by atoms with Crippen LogP contribution in [0.2, 0.25) is 0 Å². The Kier molecular flexibility index (Phi) is 7.87. The van der Waals surface area contributed by atoms with Crippen LogP contribution in [-0.4, -0.2) is 57.9 Å². The fraction of sp³-hybridized carbons (Fsp3) is 0.909. The number of aliphatic hydroxyl groups excluding tert-OH is 2. The van der Waals surface area contributed by atoms with Crippen molar-refractivity contribution in [2.24, 2.45) is 10.8 Å². The molecule has 0 aromatic heterocycles. The van der Waals surface area contributed by atoms with Crippen molar-refractivity contribution in [1.29, 1.82) is 0 Å². The molecule has 0 spiro atoms. The molecule has 2 saturated carbocycles. The topological polar surface area (TPSA) is 117 Å². The number of hydrogen-bond acceptors (Lipinski definition) is 6. The van der Waals surface area contributed by atoms with Gasteiger partial charge in [-0.2, -0.15) is 0 Å². The molecular weight excluding hydrogens is 388 g/mol. The molecule has 2 fully saturated rings. The van der Waals surface area contributed by atoms with E-state index >= 15 is 0 Å². The minimum absolute atomic E-state index is 0.00218. The third-order valence-electron chi connectivity index (χ3n) is 5.81. The highest BCUT2D eigenvalue weighted by atomic mass is 16.6. The zero-order valence-electron chi connectivity index (χ0n) is 20.3. The maximum atomic E-state index is 11.4. The summed E-state index contributed by atoms with van der Waals surface area (Å²) in [5.41, 5.74) is -1.46. The number of nitrogens with one attached hydrogen (secondary N) is 2. The lowest BCUT2D eigenvalue weighted by atomic mass is 9.65. The van der Waals surface area contributed by atoms with Crippen LogP contribution in [0.25, 0.3) is 0 Å². The molecule has 0 radical (unpaired) electrons. The van der Waals surface area contributed by atoms with E-state index in [1.807, 2.05) is 69.2 Å². The predicted molar refractivity (Wildman–Crippen MR) is 115 cm³/mol. The number of aliphatic hydroxyl groups is 2. The van der Waals surface area contributed by atoms with Gasteiger partial charge in [0.2, 0.25) is 0 Å². The highest BCUT2D eigenvalue weighted by Gasteiger charge is 2.49. The minimum atomic E-state index is -0.476. The van der Waals surface area contributed by atoms with Gasteiger partial charge in [0.1, 0.15) is 11.2 Å². The Bertz CT molecular complexity index is 564. The second-order valence-electron chi connectivity index (χ2n) is 11.5. The van der Waals surface area contributed by atoms with Crippen LogP contribution in [0.1, 0.15) is 82.1 Å². The normalized spacial score (nSPS) is 29.2. The monoisotopic (exact) mass is 430 g/mol. The number of carbonyl (C=O) groups excluding carboxylic acids is 2. The van der Waals surface area contributed by atoms with E-state index in [9.17, 15) is 19.8 Å².